The van der Waals surface area contributed by atoms with Crippen molar-refractivity contribution in [3.63, 3.8) is 0 Å². The van der Waals surface area contributed by atoms with Gasteiger partial charge in [-0.1, -0.05) is 121 Å². The Balaban J connectivity index is 0.000000188. The van der Waals surface area contributed by atoms with Gasteiger partial charge in [-0.15, -0.1) is 0 Å². The molecule has 84 heavy (non-hydrogen) atoms. The molecule has 0 unspecified atom stereocenters. The minimum atomic E-state index is -1.08. The van der Waals surface area contributed by atoms with E-state index in [0.717, 1.165) is 43.5 Å². The van der Waals surface area contributed by atoms with Crippen molar-refractivity contribution in [3.8, 4) is 11.5 Å². The molecule has 3 nitrogen and oxygen atoms in total. The molecular formula is C80H92O3S. The number of hydrogen-bond acceptors (Lipinski definition) is 3. The van der Waals surface area contributed by atoms with Crippen molar-refractivity contribution in [2.24, 2.45) is 0 Å². The molecule has 4 heteroatoms. The van der Waals surface area contributed by atoms with Crippen LogP contribution in [0.25, 0.3) is 10.8 Å². The summed E-state index contributed by atoms with van der Waals surface area (Å²) < 4.78 is 18.3. The van der Waals surface area contributed by atoms with Gasteiger partial charge in [0.15, 0.2) is 5.78 Å². The van der Waals surface area contributed by atoms with Crippen LogP contribution in [0.15, 0.2) is 186 Å². The molecule has 0 aliphatic heterocycles. The fraction of sp³-hybridized carbons (Fsp3) is 0.263. The summed E-state index contributed by atoms with van der Waals surface area (Å²) in [5.74, 6) is 1.90. The van der Waals surface area contributed by atoms with Gasteiger partial charge >= 0.3 is 0 Å². The maximum atomic E-state index is 12.5. The van der Waals surface area contributed by atoms with Gasteiger partial charge in [-0.05, 0) is 328 Å². The smallest absolute Gasteiger partial charge is 0.193 e. The SMILES string of the molecule is Cc1cc2cc(C)c(C)cc2cc1C.Cc1ccc(C(=O)c2ccc(C)c(C)c2)cc1C.Cc1ccc(C)c(C)c1.Cc1ccc(Oc2ccc(C)c(C)c2)cc1C.Cc1ccc(S(=O)c2ccc(C)c(C)c2)cc1C.Cc1ccccc1C. The minimum absolute atomic E-state index is 0.0983. The average Bonchev–Trinajstić information content (AvgIpc) is 3.58. The number of aryl methyl sites for hydroxylation is 21. The standard InChI is InChI=1S/C17H18O.C16H18OS.C16H18O.C14H16.C9H12.C8H10/c1-11-5-7-15(9-13(11)3)17(18)16-8-6-12(2)14(4)10-16;1-11-5-7-15(9-13(11)3)18(17)16-8-6-12(2)14(4)10-16;1-11-5-7-15(9-13(11)3)17-16-8-6-12(2)14(4)10-16;1-9-5-13-7-11(3)12(4)8-14(13)6-10(9)2;1-7-4-5-8(2)9(3)6-7;1-7-5-3-4-6-8(7)2/h2*5-10H,1-4H3;5-10H,1-4H3;5-8H,1-4H3;4-6H,1-3H3;3-6H,1-2H3. The lowest BCUT2D eigenvalue weighted by Gasteiger charge is -2.09. The van der Waals surface area contributed by atoms with Crippen molar-refractivity contribution in [1.82, 2.24) is 0 Å². The van der Waals surface area contributed by atoms with E-state index >= 15 is 0 Å². The maximum Gasteiger partial charge on any atom is 0.193 e. The molecule has 10 aromatic carbocycles. The van der Waals surface area contributed by atoms with Gasteiger partial charge in [-0.25, -0.2) is 4.21 Å². The molecule has 0 amide bonds. The molecule has 0 N–H and O–H groups in total. The van der Waals surface area contributed by atoms with Crippen molar-refractivity contribution in [3.05, 3.63) is 304 Å². The van der Waals surface area contributed by atoms with Gasteiger partial charge in [-0.2, -0.15) is 0 Å². The van der Waals surface area contributed by atoms with Crippen LogP contribution < -0.4 is 4.74 Å². The van der Waals surface area contributed by atoms with Gasteiger partial charge in [-0.3, -0.25) is 4.79 Å². The second-order valence-corrected chi connectivity index (χ2v) is 24.7. The van der Waals surface area contributed by atoms with E-state index in [0.29, 0.717) is 0 Å². The van der Waals surface area contributed by atoms with E-state index in [4.69, 9.17) is 4.74 Å². The zero-order chi connectivity index (χ0) is 62.1. The molecule has 0 aliphatic rings. The first-order valence-electron chi connectivity index (χ1n) is 29.2. The quantitative estimate of drug-likeness (QED) is 0.156. The zero-order valence-corrected chi connectivity index (χ0v) is 55.2. The summed E-state index contributed by atoms with van der Waals surface area (Å²) in [6.45, 7) is 44.1. The van der Waals surface area contributed by atoms with Crippen LogP contribution in [0, 0.1) is 145 Å². The number of ether oxygens (including phenoxy) is 1. The third-order valence-corrected chi connectivity index (χ3v) is 17.6. The summed E-state index contributed by atoms with van der Waals surface area (Å²) in [5, 5.41) is 2.72. The Morgan fingerprint density at radius 2 is 0.524 bits per heavy atom. The molecule has 0 atom stereocenters. The largest absolute Gasteiger partial charge is 0.457 e. The minimum Gasteiger partial charge on any atom is -0.457 e. The Kier molecular flexibility index (Phi) is 24.8. The van der Waals surface area contributed by atoms with E-state index in [1.54, 1.807) is 0 Å². The van der Waals surface area contributed by atoms with Crippen LogP contribution in [0.1, 0.15) is 133 Å². The maximum absolute atomic E-state index is 12.5. The summed E-state index contributed by atoms with van der Waals surface area (Å²) >= 11 is 0. The highest BCUT2D eigenvalue weighted by atomic mass is 32.2. The van der Waals surface area contributed by atoms with Crippen LogP contribution in [-0.4, -0.2) is 9.99 Å². The van der Waals surface area contributed by atoms with Gasteiger partial charge in [0.2, 0.25) is 0 Å². The molecule has 0 fully saturated rings. The van der Waals surface area contributed by atoms with Crippen LogP contribution >= 0.6 is 0 Å². The number of benzene rings is 10. The molecule has 10 rings (SSSR count). The first-order chi connectivity index (χ1) is 39.6. The van der Waals surface area contributed by atoms with E-state index in [9.17, 15) is 9.00 Å². The topological polar surface area (TPSA) is 43.4 Å². The van der Waals surface area contributed by atoms with E-state index < -0.39 is 10.8 Å². The van der Waals surface area contributed by atoms with Gasteiger partial charge in [0, 0.05) is 20.9 Å². The highest BCUT2D eigenvalue weighted by Crippen LogP contribution is 2.27. The zero-order valence-electron chi connectivity index (χ0n) is 54.4. The number of fused-ring (bicyclic) bond motifs is 1. The van der Waals surface area contributed by atoms with Crippen molar-refractivity contribution in [1.29, 1.82) is 0 Å². The second-order valence-electron chi connectivity index (χ2n) is 23.2. The average molecular weight is 1130 g/mol. The lowest BCUT2D eigenvalue weighted by Crippen LogP contribution is -2.03. The molecule has 0 radical (unpaired) electrons. The van der Waals surface area contributed by atoms with E-state index in [1.165, 1.54) is 116 Å². The number of carbonyl (C=O) groups excluding carboxylic acids is 1. The summed E-state index contributed by atoms with van der Waals surface area (Å²) in [7, 11) is -1.08. The number of rotatable bonds is 6. The molecule has 0 saturated carbocycles. The van der Waals surface area contributed by atoms with Gasteiger partial charge in [0.25, 0.3) is 0 Å². The Hall–Kier alpha value is -7.92. The molecule has 0 saturated heterocycles. The van der Waals surface area contributed by atoms with Crippen LogP contribution in [0.2, 0.25) is 0 Å². The van der Waals surface area contributed by atoms with Crippen LogP contribution in [0.4, 0.5) is 0 Å². The number of hydrogen-bond donors (Lipinski definition) is 0. The number of ketones is 1. The Labute approximate surface area is 508 Å². The van der Waals surface area contributed by atoms with E-state index in [2.05, 4.69) is 223 Å². The second kappa shape index (κ2) is 31.1. The summed E-state index contributed by atoms with van der Waals surface area (Å²) in [5.41, 5.74) is 28.5. The summed E-state index contributed by atoms with van der Waals surface area (Å²) in [6.07, 6.45) is 0. The molecule has 0 bridgehead atoms. The normalized spacial score (nSPS) is 10.4. The molecule has 0 aliphatic carbocycles. The molecule has 436 valence electrons. The number of carbonyl (C=O) groups is 1. The monoisotopic (exact) mass is 1130 g/mol. The van der Waals surface area contributed by atoms with E-state index in [1.807, 2.05) is 98.8 Å². The van der Waals surface area contributed by atoms with Gasteiger partial charge < -0.3 is 4.74 Å². The first kappa shape index (κ1) is 66.9. The highest BCUT2D eigenvalue weighted by Gasteiger charge is 2.12. The first-order valence-corrected chi connectivity index (χ1v) is 30.4. The van der Waals surface area contributed by atoms with Gasteiger partial charge in [0.05, 0.1) is 10.8 Å². The Morgan fingerprint density at radius 1 is 0.262 bits per heavy atom. The fourth-order valence-electron chi connectivity index (χ4n) is 8.78. The van der Waals surface area contributed by atoms with Crippen molar-refractivity contribution < 1.29 is 13.7 Å². The van der Waals surface area contributed by atoms with Crippen molar-refractivity contribution >= 4 is 27.4 Å². The molecule has 10 aromatic rings. The van der Waals surface area contributed by atoms with Crippen LogP contribution in [0.5, 0.6) is 11.5 Å². The predicted molar refractivity (Wildman–Crippen MR) is 363 cm³/mol. The lowest BCUT2D eigenvalue weighted by molar-refractivity contribution is 0.103. The van der Waals surface area contributed by atoms with E-state index in [-0.39, 0.29) is 5.78 Å². The highest BCUT2D eigenvalue weighted by molar-refractivity contribution is 7.85. The van der Waals surface area contributed by atoms with Crippen molar-refractivity contribution in [2.45, 2.75) is 155 Å². The molecular weight excluding hydrogens is 1040 g/mol. The third kappa shape index (κ3) is 19.6. The Morgan fingerprint density at radius 3 is 0.810 bits per heavy atom. The van der Waals surface area contributed by atoms with Crippen molar-refractivity contribution in [2.75, 3.05) is 0 Å². The van der Waals surface area contributed by atoms with Crippen LogP contribution in [0.3, 0.4) is 0 Å². The molecule has 0 spiro atoms. The summed E-state index contributed by atoms with van der Waals surface area (Å²) in [6, 6.07) is 60.0. The van der Waals surface area contributed by atoms with Crippen LogP contribution in [-0.2, 0) is 10.8 Å². The Bertz CT molecular complexity index is 3550. The predicted octanol–water partition coefficient (Wildman–Crippen LogP) is 21.9. The lowest BCUT2D eigenvalue weighted by atomic mass is 9.97. The summed E-state index contributed by atoms with van der Waals surface area (Å²) in [4.78, 5) is 14.1. The molecule has 0 heterocycles. The van der Waals surface area contributed by atoms with Gasteiger partial charge in [0.1, 0.15) is 11.5 Å². The third-order valence-electron chi connectivity index (χ3n) is 16.3. The molecule has 0 aromatic heterocycles. The fourth-order valence-corrected chi connectivity index (χ4v) is 10.00.